The van der Waals surface area contributed by atoms with Gasteiger partial charge in [0, 0.05) is 10.7 Å². The maximum atomic E-state index is 6.32. The molecule has 1 saturated carbocycles. The lowest BCUT2D eigenvalue weighted by Gasteiger charge is -2.32. The standard InChI is InChI=1S/C19H29BrO/c1-18(2,3)16-10-6-7-11-17(16)21-15-19(14-20)12-8-4-5-9-13-19/h6-7,10-11H,4-5,8-9,12-15H2,1-3H3. The smallest absolute Gasteiger partial charge is 0.123 e. The minimum atomic E-state index is 0.127. The SMILES string of the molecule is CC(C)(C)c1ccccc1OCC1(CBr)CCCCCC1. The summed E-state index contributed by atoms with van der Waals surface area (Å²) in [6.07, 6.45) is 8.03. The third-order valence-electron chi connectivity index (χ3n) is 4.68. The minimum Gasteiger partial charge on any atom is -0.493 e. The lowest BCUT2D eigenvalue weighted by molar-refractivity contribution is 0.147. The molecule has 0 atom stereocenters. The molecule has 0 spiro atoms. The summed E-state index contributed by atoms with van der Waals surface area (Å²) in [5, 5.41) is 1.05. The summed E-state index contributed by atoms with van der Waals surface area (Å²) in [7, 11) is 0. The van der Waals surface area contributed by atoms with Crippen molar-refractivity contribution in [3.05, 3.63) is 29.8 Å². The number of hydrogen-bond acceptors (Lipinski definition) is 1. The van der Waals surface area contributed by atoms with E-state index in [1.165, 1.54) is 44.1 Å². The molecule has 1 nitrogen and oxygen atoms in total. The molecule has 2 rings (SSSR count). The molecule has 0 unspecified atom stereocenters. The Bertz CT molecular complexity index is 439. The quantitative estimate of drug-likeness (QED) is 0.469. The Labute approximate surface area is 138 Å². The Morgan fingerprint density at radius 2 is 1.67 bits per heavy atom. The largest absolute Gasteiger partial charge is 0.493 e. The number of rotatable bonds is 4. The summed E-state index contributed by atoms with van der Waals surface area (Å²) in [5.41, 5.74) is 1.76. The lowest BCUT2D eigenvalue weighted by Crippen LogP contribution is -2.30. The van der Waals surface area contributed by atoms with E-state index in [2.05, 4.69) is 61.0 Å². The Kier molecular flexibility index (Phi) is 5.76. The molecule has 1 aromatic rings. The number of ether oxygens (including phenoxy) is 1. The molecule has 0 aliphatic heterocycles. The van der Waals surface area contributed by atoms with Crippen LogP contribution in [0.1, 0.15) is 64.9 Å². The maximum Gasteiger partial charge on any atom is 0.123 e. The van der Waals surface area contributed by atoms with Crippen LogP contribution in [0.5, 0.6) is 5.75 Å². The van der Waals surface area contributed by atoms with Gasteiger partial charge in [0.25, 0.3) is 0 Å². The highest BCUT2D eigenvalue weighted by Crippen LogP contribution is 2.38. The molecule has 0 aromatic heterocycles. The van der Waals surface area contributed by atoms with E-state index in [0.29, 0.717) is 5.41 Å². The van der Waals surface area contributed by atoms with Crippen LogP contribution in [0.15, 0.2) is 24.3 Å². The average Bonchev–Trinajstić information content (AvgIpc) is 2.71. The summed E-state index contributed by atoms with van der Waals surface area (Å²) >= 11 is 3.75. The Balaban J connectivity index is 2.11. The Morgan fingerprint density at radius 1 is 1.05 bits per heavy atom. The zero-order chi connectivity index (χ0) is 15.3. The van der Waals surface area contributed by atoms with Crippen molar-refractivity contribution < 1.29 is 4.74 Å². The predicted octanol–water partition coefficient (Wildman–Crippen LogP) is 6.10. The first-order valence-corrected chi connectivity index (χ1v) is 9.37. The van der Waals surface area contributed by atoms with Crippen LogP contribution in [0, 0.1) is 5.41 Å². The number of halogens is 1. The van der Waals surface area contributed by atoms with Crippen molar-refractivity contribution in [3.63, 3.8) is 0 Å². The molecule has 0 radical (unpaired) electrons. The molecule has 1 aliphatic carbocycles. The molecule has 118 valence electrons. The van der Waals surface area contributed by atoms with Crippen molar-refractivity contribution in [3.8, 4) is 5.75 Å². The highest BCUT2D eigenvalue weighted by atomic mass is 79.9. The number of hydrogen-bond donors (Lipinski definition) is 0. The van der Waals surface area contributed by atoms with E-state index in [9.17, 15) is 0 Å². The van der Waals surface area contributed by atoms with Crippen molar-refractivity contribution >= 4 is 15.9 Å². The summed E-state index contributed by atoms with van der Waals surface area (Å²) < 4.78 is 6.32. The van der Waals surface area contributed by atoms with Gasteiger partial charge in [0.05, 0.1) is 6.61 Å². The van der Waals surface area contributed by atoms with Gasteiger partial charge >= 0.3 is 0 Å². The van der Waals surface area contributed by atoms with Gasteiger partial charge in [-0.05, 0) is 29.9 Å². The van der Waals surface area contributed by atoms with E-state index in [1.807, 2.05) is 0 Å². The fourth-order valence-corrected chi connectivity index (χ4v) is 3.96. The highest BCUT2D eigenvalue weighted by Gasteiger charge is 2.31. The number of para-hydroxylation sites is 1. The van der Waals surface area contributed by atoms with Gasteiger partial charge < -0.3 is 4.74 Å². The topological polar surface area (TPSA) is 9.23 Å². The maximum absolute atomic E-state index is 6.32. The molecule has 0 saturated heterocycles. The molecular weight excluding hydrogens is 324 g/mol. The van der Waals surface area contributed by atoms with Crippen LogP contribution in [-0.4, -0.2) is 11.9 Å². The average molecular weight is 353 g/mol. The molecular formula is C19H29BrO. The van der Waals surface area contributed by atoms with Crippen LogP contribution in [0.2, 0.25) is 0 Å². The lowest BCUT2D eigenvalue weighted by atomic mass is 9.83. The summed E-state index contributed by atoms with van der Waals surface area (Å²) in [6, 6.07) is 8.51. The summed E-state index contributed by atoms with van der Waals surface area (Å²) in [6.45, 7) is 7.59. The summed E-state index contributed by atoms with van der Waals surface area (Å²) in [5.74, 6) is 1.06. The minimum absolute atomic E-state index is 0.127. The van der Waals surface area contributed by atoms with E-state index in [4.69, 9.17) is 4.74 Å². The van der Waals surface area contributed by atoms with Crippen LogP contribution in [0.25, 0.3) is 0 Å². The normalized spacial score (nSPS) is 19.0. The molecule has 21 heavy (non-hydrogen) atoms. The van der Waals surface area contributed by atoms with Crippen molar-refractivity contribution in [1.29, 1.82) is 0 Å². The first-order chi connectivity index (χ1) is 9.97. The van der Waals surface area contributed by atoms with Crippen LogP contribution >= 0.6 is 15.9 Å². The second kappa shape index (κ2) is 7.17. The fraction of sp³-hybridized carbons (Fsp3) is 0.684. The molecule has 1 aromatic carbocycles. The van der Waals surface area contributed by atoms with Crippen molar-refractivity contribution in [1.82, 2.24) is 0 Å². The fourth-order valence-electron chi connectivity index (χ4n) is 3.24. The van der Waals surface area contributed by atoms with Crippen LogP contribution < -0.4 is 4.74 Å². The molecule has 0 amide bonds. The van der Waals surface area contributed by atoms with E-state index in [1.54, 1.807) is 0 Å². The van der Waals surface area contributed by atoms with E-state index >= 15 is 0 Å². The van der Waals surface area contributed by atoms with Crippen molar-refractivity contribution in [2.75, 3.05) is 11.9 Å². The molecule has 0 N–H and O–H groups in total. The van der Waals surface area contributed by atoms with Crippen molar-refractivity contribution in [2.45, 2.75) is 64.7 Å². The second-order valence-electron chi connectivity index (χ2n) is 7.58. The zero-order valence-corrected chi connectivity index (χ0v) is 15.3. The monoisotopic (exact) mass is 352 g/mol. The van der Waals surface area contributed by atoms with Gasteiger partial charge in [0.2, 0.25) is 0 Å². The van der Waals surface area contributed by atoms with Gasteiger partial charge in [0.1, 0.15) is 5.75 Å². The van der Waals surface area contributed by atoms with Gasteiger partial charge in [0.15, 0.2) is 0 Å². The highest BCUT2D eigenvalue weighted by molar-refractivity contribution is 9.09. The van der Waals surface area contributed by atoms with Gasteiger partial charge in [-0.1, -0.05) is 80.6 Å². The third-order valence-corrected chi connectivity index (χ3v) is 5.87. The molecule has 0 heterocycles. The van der Waals surface area contributed by atoms with E-state index < -0.39 is 0 Å². The molecule has 0 bridgehead atoms. The van der Waals surface area contributed by atoms with Gasteiger partial charge in [-0.25, -0.2) is 0 Å². The van der Waals surface area contributed by atoms with E-state index in [0.717, 1.165) is 17.7 Å². The van der Waals surface area contributed by atoms with Crippen molar-refractivity contribution in [2.24, 2.45) is 5.41 Å². The Hall–Kier alpha value is -0.500. The first kappa shape index (κ1) is 16.9. The second-order valence-corrected chi connectivity index (χ2v) is 8.14. The number of alkyl halides is 1. The first-order valence-electron chi connectivity index (χ1n) is 8.25. The van der Waals surface area contributed by atoms with Crippen LogP contribution in [-0.2, 0) is 5.41 Å². The van der Waals surface area contributed by atoms with Gasteiger partial charge in [-0.2, -0.15) is 0 Å². The molecule has 2 heteroatoms. The Morgan fingerprint density at radius 3 is 2.24 bits per heavy atom. The predicted molar refractivity (Wildman–Crippen MR) is 94.6 cm³/mol. The third kappa shape index (κ3) is 4.48. The molecule has 1 aliphatic rings. The zero-order valence-electron chi connectivity index (χ0n) is 13.8. The van der Waals surface area contributed by atoms with Crippen LogP contribution in [0.4, 0.5) is 0 Å². The number of benzene rings is 1. The van der Waals surface area contributed by atoms with E-state index in [-0.39, 0.29) is 5.41 Å². The van der Waals surface area contributed by atoms with Gasteiger partial charge in [-0.15, -0.1) is 0 Å². The summed E-state index contributed by atoms with van der Waals surface area (Å²) in [4.78, 5) is 0. The van der Waals surface area contributed by atoms with Crippen LogP contribution in [0.3, 0.4) is 0 Å². The molecule has 1 fully saturated rings. The van der Waals surface area contributed by atoms with Gasteiger partial charge in [-0.3, -0.25) is 0 Å².